The van der Waals surface area contributed by atoms with Crippen molar-refractivity contribution in [3.63, 3.8) is 0 Å². The second kappa shape index (κ2) is 8.10. The zero-order valence-electron chi connectivity index (χ0n) is 14.0. The van der Waals surface area contributed by atoms with Gasteiger partial charge in [0.1, 0.15) is 5.82 Å². The van der Waals surface area contributed by atoms with E-state index in [9.17, 15) is 23.6 Å². The Morgan fingerprint density at radius 3 is 2.50 bits per heavy atom. The molecule has 0 aliphatic rings. The van der Waals surface area contributed by atoms with Crippen molar-refractivity contribution in [3.05, 3.63) is 57.0 Å². The standard InChI is InChI=1S/C16H16FN3O6/c1-19-12(7-14(22)20(2)16(19)24)18-13(21)8-26-15(23)9-25-11-6-4-3-5-10(11)17/h3-7H,8-9H2,1-2H3,(H,18,21). The number of hydrogen-bond donors (Lipinski definition) is 1. The summed E-state index contributed by atoms with van der Waals surface area (Å²) < 4.78 is 24.9. The number of carbonyl (C=O) groups excluding carboxylic acids is 2. The van der Waals surface area contributed by atoms with Crippen LogP contribution in [0.1, 0.15) is 0 Å². The molecular weight excluding hydrogens is 349 g/mol. The summed E-state index contributed by atoms with van der Waals surface area (Å²) >= 11 is 0. The van der Waals surface area contributed by atoms with Crippen molar-refractivity contribution in [2.45, 2.75) is 0 Å². The maximum Gasteiger partial charge on any atom is 0.344 e. The number of amides is 1. The number of benzene rings is 1. The van der Waals surface area contributed by atoms with E-state index >= 15 is 0 Å². The second-order valence-electron chi connectivity index (χ2n) is 5.20. The zero-order chi connectivity index (χ0) is 19.3. The summed E-state index contributed by atoms with van der Waals surface area (Å²) in [4.78, 5) is 46.7. The number of halogens is 1. The molecule has 1 aromatic heterocycles. The Morgan fingerprint density at radius 1 is 1.12 bits per heavy atom. The molecule has 1 amide bonds. The van der Waals surface area contributed by atoms with Crippen LogP contribution in [0.3, 0.4) is 0 Å². The molecule has 0 radical (unpaired) electrons. The van der Waals surface area contributed by atoms with Crippen molar-refractivity contribution >= 4 is 17.7 Å². The maximum atomic E-state index is 13.3. The van der Waals surface area contributed by atoms with E-state index in [2.05, 4.69) is 5.32 Å². The average molecular weight is 365 g/mol. The van der Waals surface area contributed by atoms with E-state index in [1.165, 1.54) is 38.4 Å². The highest BCUT2D eigenvalue weighted by Gasteiger charge is 2.12. The molecule has 0 spiro atoms. The first kappa shape index (κ1) is 18.9. The number of carbonyl (C=O) groups is 2. The highest BCUT2D eigenvalue weighted by Crippen LogP contribution is 2.15. The molecule has 10 heteroatoms. The zero-order valence-corrected chi connectivity index (χ0v) is 14.0. The van der Waals surface area contributed by atoms with Crippen LogP contribution in [-0.4, -0.2) is 34.2 Å². The normalized spacial score (nSPS) is 10.3. The van der Waals surface area contributed by atoms with Gasteiger partial charge in [-0.15, -0.1) is 0 Å². The smallest absolute Gasteiger partial charge is 0.344 e. The summed E-state index contributed by atoms with van der Waals surface area (Å²) in [5, 5.41) is 2.29. The predicted octanol–water partition coefficient (Wildman–Crippen LogP) is -0.216. The van der Waals surface area contributed by atoms with E-state index in [1.54, 1.807) is 0 Å². The minimum atomic E-state index is -0.888. The van der Waals surface area contributed by atoms with Gasteiger partial charge in [0.25, 0.3) is 11.5 Å². The van der Waals surface area contributed by atoms with Gasteiger partial charge in [0.2, 0.25) is 0 Å². The molecule has 0 aliphatic carbocycles. The average Bonchev–Trinajstić information content (AvgIpc) is 2.62. The van der Waals surface area contributed by atoms with Gasteiger partial charge in [0, 0.05) is 20.2 Å². The molecule has 1 heterocycles. The Kier molecular flexibility index (Phi) is 5.89. The lowest BCUT2D eigenvalue weighted by molar-refractivity contribution is -0.149. The molecule has 26 heavy (non-hydrogen) atoms. The minimum absolute atomic E-state index is 0.0400. The van der Waals surface area contributed by atoms with Crippen LogP contribution in [0, 0.1) is 5.82 Å². The Balaban J connectivity index is 1.87. The number of rotatable bonds is 6. The first-order valence-electron chi connectivity index (χ1n) is 7.39. The molecule has 9 nitrogen and oxygen atoms in total. The van der Waals surface area contributed by atoms with Gasteiger partial charge >= 0.3 is 11.7 Å². The number of esters is 1. The molecule has 0 bridgehead atoms. The summed E-state index contributed by atoms with van der Waals surface area (Å²) in [5.74, 6) is -2.44. The molecule has 1 N–H and O–H groups in total. The first-order valence-corrected chi connectivity index (χ1v) is 7.39. The molecule has 0 saturated carbocycles. The second-order valence-corrected chi connectivity index (χ2v) is 5.20. The van der Waals surface area contributed by atoms with E-state index < -0.39 is 42.2 Å². The minimum Gasteiger partial charge on any atom is -0.479 e. The van der Waals surface area contributed by atoms with Crippen LogP contribution < -0.4 is 21.3 Å². The number of anilines is 1. The molecule has 2 aromatic rings. The number of ether oxygens (including phenoxy) is 2. The van der Waals surface area contributed by atoms with Crippen LogP contribution >= 0.6 is 0 Å². The summed E-state index contributed by atoms with van der Waals surface area (Å²) in [6, 6.07) is 6.57. The Bertz CT molecular complexity index is 950. The van der Waals surface area contributed by atoms with Crippen molar-refractivity contribution < 1.29 is 23.5 Å². The number of hydrogen-bond acceptors (Lipinski definition) is 6. The molecule has 0 saturated heterocycles. The third kappa shape index (κ3) is 4.56. The fourth-order valence-electron chi connectivity index (χ4n) is 1.92. The maximum absolute atomic E-state index is 13.3. The molecule has 0 aliphatic heterocycles. The van der Waals surface area contributed by atoms with Crippen molar-refractivity contribution in [2.75, 3.05) is 18.5 Å². The quantitative estimate of drug-likeness (QED) is 0.709. The topological polar surface area (TPSA) is 109 Å². The monoisotopic (exact) mass is 365 g/mol. The number of nitrogens with zero attached hydrogens (tertiary/aromatic N) is 2. The van der Waals surface area contributed by atoms with E-state index in [-0.39, 0.29) is 11.6 Å². The van der Waals surface area contributed by atoms with Crippen LogP contribution in [0.2, 0.25) is 0 Å². The number of para-hydroxylation sites is 1. The Morgan fingerprint density at radius 2 is 1.81 bits per heavy atom. The van der Waals surface area contributed by atoms with Crippen molar-refractivity contribution in [2.24, 2.45) is 14.1 Å². The molecular formula is C16H16FN3O6. The summed E-state index contributed by atoms with van der Waals surface area (Å²) in [7, 11) is 2.67. The fourth-order valence-corrected chi connectivity index (χ4v) is 1.92. The molecule has 2 rings (SSSR count). The van der Waals surface area contributed by atoms with Crippen LogP contribution in [0.5, 0.6) is 5.75 Å². The third-order valence-electron chi connectivity index (χ3n) is 3.34. The van der Waals surface area contributed by atoms with Crippen molar-refractivity contribution in [3.8, 4) is 5.75 Å². The van der Waals surface area contributed by atoms with Crippen LogP contribution in [0.15, 0.2) is 39.9 Å². The summed E-state index contributed by atoms with van der Waals surface area (Å²) in [5.41, 5.74) is -1.22. The van der Waals surface area contributed by atoms with Gasteiger partial charge in [-0.2, -0.15) is 0 Å². The van der Waals surface area contributed by atoms with Gasteiger partial charge in [-0.05, 0) is 12.1 Å². The van der Waals surface area contributed by atoms with Crippen molar-refractivity contribution in [1.82, 2.24) is 9.13 Å². The van der Waals surface area contributed by atoms with Crippen molar-refractivity contribution in [1.29, 1.82) is 0 Å². The van der Waals surface area contributed by atoms with E-state index in [0.29, 0.717) is 0 Å². The Labute approximate surface area is 146 Å². The van der Waals surface area contributed by atoms with Gasteiger partial charge in [-0.3, -0.25) is 18.7 Å². The van der Waals surface area contributed by atoms with E-state index in [1.807, 2.05) is 0 Å². The van der Waals surface area contributed by atoms with Crippen LogP contribution in [-0.2, 0) is 28.4 Å². The largest absolute Gasteiger partial charge is 0.479 e. The van der Waals surface area contributed by atoms with Gasteiger partial charge < -0.3 is 14.8 Å². The lowest BCUT2D eigenvalue weighted by Gasteiger charge is -2.11. The molecule has 0 fully saturated rings. The molecule has 138 valence electrons. The molecule has 0 atom stereocenters. The van der Waals surface area contributed by atoms with Crippen LogP contribution in [0.25, 0.3) is 0 Å². The highest BCUT2D eigenvalue weighted by atomic mass is 19.1. The predicted molar refractivity (Wildman–Crippen MR) is 88.4 cm³/mol. The van der Waals surface area contributed by atoms with Gasteiger partial charge in [0.15, 0.2) is 24.8 Å². The third-order valence-corrected chi connectivity index (χ3v) is 3.34. The van der Waals surface area contributed by atoms with E-state index in [4.69, 9.17) is 9.47 Å². The van der Waals surface area contributed by atoms with Gasteiger partial charge in [0.05, 0.1) is 0 Å². The highest BCUT2D eigenvalue weighted by molar-refractivity contribution is 5.92. The van der Waals surface area contributed by atoms with Gasteiger partial charge in [-0.1, -0.05) is 12.1 Å². The molecule has 0 unspecified atom stereocenters. The van der Waals surface area contributed by atoms with E-state index in [0.717, 1.165) is 15.2 Å². The summed E-state index contributed by atoms with van der Waals surface area (Å²) in [6.07, 6.45) is 0. The SMILES string of the molecule is Cn1c(NC(=O)COC(=O)COc2ccccc2F)cc(=O)n(C)c1=O. The lowest BCUT2D eigenvalue weighted by atomic mass is 10.3. The Hall–Kier alpha value is -3.43. The van der Waals surface area contributed by atoms with Gasteiger partial charge in [-0.25, -0.2) is 14.0 Å². The summed E-state index contributed by atoms with van der Waals surface area (Å²) in [6.45, 7) is -1.25. The number of aromatic nitrogens is 2. The molecule has 1 aromatic carbocycles. The number of nitrogens with one attached hydrogen (secondary N) is 1. The lowest BCUT2D eigenvalue weighted by Crippen LogP contribution is -2.38. The van der Waals surface area contributed by atoms with Crippen LogP contribution in [0.4, 0.5) is 10.2 Å². The fraction of sp³-hybridized carbons (Fsp3) is 0.250. The first-order chi connectivity index (χ1) is 12.3.